The third kappa shape index (κ3) is 3.15. The Morgan fingerprint density at radius 3 is 2.53 bits per heavy atom. The van der Waals surface area contributed by atoms with Crippen LogP contribution in [-0.2, 0) is 13.6 Å². The Kier molecular flexibility index (Phi) is 4.22. The molecule has 0 unspecified atom stereocenters. The maximum absolute atomic E-state index is 6.02. The first-order valence-corrected chi connectivity index (χ1v) is 6.64. The molecule has 0 fully saturated rings. The number of benzene rings is 1. The molecule has 1 aromatic heterocycles. The molecular weight excluding hydrogens is 236 g/mol. The Balaban J connectivity index is 2.07. The normalized spacial score (nSPS) is 12.4. The van der Waals surface area contributed by atoms with Crippen LogP contribution in [0.4, 0.5) is 5.69 Å². The van der Waals surface area contributed by atoms with E-state index in [2.05, 4.69) is 48.1 Å². The van der Waals surface area contributed by atoms with Gasteiger partial charge in [0.25, 0.3) is 0 Å². The van der Waals surface area contributed by atoms with Gasteiger partial charge in [-0.3, -0.25) is 0 Å². The summed E-state index contributed by atoms with van der Waals surface area (Å²) >= 11 is 0. The lowest BCUT2D eigenvalue weighted by Gasteiger charge is -2.20. The topological polar surface area (TPSA) is 47.1 Å². The number of aryl methyl sites for hydroxylation is 1. The number of rotatable bonds is 5. The first-order chi connectivity index (χ1) is 9.11. The third-order valence-corrected chi connectivity index (χ3v) is 3.50. The SMILES string of the molecule is CC[C@H](N)c1ccc(N(C)Cc2nccn2C)cc1. The number of anilines is 1. The Bertz CT molecular complexity index is 515. The average Bonchev–Trinajstić information content (AvgIpc) is 2.83. The van der Waals surface area contributed by atoms with Gasteiger partial charge in [0, 0.05) is 38.2 Å². The molecule has 0 amide bonds. The van der Waals surface area contributed by atoms with E-state index in [0.717, 1.165) is 18.8 Å². The molecule has 2 aromatic rings. The predicted octanol–water partition coefficient (Wildman–Crippen LogP) is 2.47. The molecule has 2 rings (SSSR count). The van der Waals surface area contributed by atoms with E-state index in [1.54, 1.807) is 0 Å². The van der Waals surface area contributed by atoms with Crippen molar-refractivity contribution >= 4 is 5.69 Å². The monoisotopic (exact) mass is 258 g/mol. The highest BCUT2D eigenvalue weighted by molar-refractivity contribution is 5.47. The number of hydrogen-bond donors (Lipinski definition) is 1. The van der Waals surface area contributed by atoms with Gasteiger partial charge in [0.15, 0.2) is 0 Å². The molecule has 0 spiro atoms. The van der Waals surface area contributed by atoms with Gasteiger partial charge in [0.2, 0.25) is 0 Å². The van der Waals surface area contributed by atoms with Crippen molar-refractivity contribution in [3.63, 3.8) is 0 Å². The number of hydrogen-bond acceptors (Lipinski definition) is 3. The molecule has 2 N–H and O–H groups in total. The van der Waals surface area contributed by atoms with Crippen molar-refractivity contribution in [2.75, 3.05) is 11.9 Å². The summed E-state index contributed by atoms with van der Waals surface area (Å²) in [5, 5.41) is 0. The van der Waals surface area contributed by atoms with E-state index in [4.69, 9.17) is 5.73 Å². The van der Waals surface area contributed by atoms with E-state index in [0.29, 0.717) is 0 Å². The fourth-order valence-electron chi connectivity index (χ4n) is 2.06. The van der Waals surface area contributed by atoms with Crippen LogP contribution in [0.25, 0.3) is 0 Å². The lowest BCUT2D eigenvalue weighted by molar-refractivity contribution is 0.698. The fourth-order valence-corrected chi connectivity index (χ4v) is 2.06. The van der Waals surface area contributed by atoms with E-state index < -0.39 is 0 Å². The Labute approximate surface area is 114 Å². The zero-order chi connectivity index (χ0) is 13.8. The molecule has 1 heterocycles. The van der Waals surface area contributed by atoms with Gasteiger partial charge in [-0.2, -0.15) is 0 Å². The van der Waals surface area contributed by atoms with Crippen LogP contribution >= 0.6 is 0 Å². The number of nitrogens with two attached hydrogens (primary N) is 1. The standard InChI is InChI=1S/C15H22N4/c1-4-14(16)12-5-7-13(8-6-12)19(3)11-15-17-9-10-18(15)2/h5-10,14H,4,11,16H2,1-3H3/t14-/m0/s1. The minimum Gasteiger partial charge on any atom is -0.367 e. The van der Waals surface area contributed by atoms with Gasteiger partial charge in [0.1, 0.15) is 5.82 Å². The fraction of sp³-hybridized carbons (Fsp3) is 0.400. The van der Waals surface area contributed by atoms with Crippen molar-refractivity contribution in [2.45, 2.75) is 25.9 Å². The van der Waals surface area contributed by atoms with E-state index in [-0.39, 0.29) is 6.04 Å². The summed E-state index contributed by atoms with van der Waals surface area (Å²) in [5.74, 6) is 1.05. The lowest BCUT2D eigenvalue weighted by Crippen LogP contribution is -2.19. The van der Waals surface area contributed by atoms with Crippen molar-refractivity contribution in [3.05, 3.63) is 48.0 Å². The summed E-state index contributed by atoms with van der Waals surface area (Å²) in [5.41, 5.74) is 8.39. The summed E-state index contributed by atoms with van der Waals surface area (Å²) in [6.07, 6.45) is 4.75. The number of nitrogens with zero attached hydrogens (tertiary/aromatic N) is 3. The summed E-state index contributed by atoms with van der Waals surface area (Å²) < 4.78 is 2.04. The van der Waals surface area contributed by atoms with Crippen LogP contribution in [0, 0.1) is 0 Å². The highest BCUT2D eigenvalue weighted by Gasteiger charge is 2.07. The van der Waals surface area contributed by atoms with Gasteiger partial charge in [-0.05, 0) is 24.1 Å². The predicted molar refractivity (Wildman–Crippen MR) is 79.0 cm³/mol. The van der Waals surface area contributed by atoms with E-state index in [9.17, 15) is 0 Å². The van der Waals surface area contributed by atoms with Crippen molar-refractivity contribution in [1.82, 2.24) is 9.55 Å². The van der Waals surface area contributed by atoms with Gasteiger partial charge in [-0.1, -0.05) is 19.1 Å². The van der Waals surface area contributed by atoms with Crippen LogP contribution in [0.2, 0.25) is 0 Å². The summed E-state index contributed by atoms with van der Waals surface area (Å²) in [4.78, 5) is 6.53. The quantitative estimate of drug-likeness (QED) is 0.896. The minimum absolute atomic E-state index is 0.133. The molecule has 19 heavy (non-hydrogen) atoms. The van der Waals surface area contributed by atoms with E-state index in [1.807, 2.05) is 24.0 Å². The zero-order valence-corrected chi connectivity index (χ0v) is 11.9. The summed E-state index contributed by atoms with van der Waals surface area (Å²) in [6, 6.07) is 8.59. The van der Waals surface area contributed by atoms with E-state index >= 15 is 0 Å². The van der Waals surface area contributed by atoms with Gasteiger partial charge in [0.05, 0.1) is 6.54 Å². The molecule has 4 heteroatoms. The highest BCUT2D eigenvalue weighted by atomic mass is 15.2. The number of imidazole rings is 1. The van der Waals surface area contributed by atoms with Crippen LogP contribution in [0.3, 0.4) is 0 Å². The van der Waals surface area contributed by atoms with Crippen LogP contribution in [-0.4, -0.2) is 16.6 Å². The zero-order valence-electron chi connectivity index (χ0n) is 11.9. The summed E-state index contributed by atoms with van der Waals surface area (Å²) in [7, 11) is 4.09. The van der Waals surface area contributed by atoms with Crippen molar-refractivity contribution in [1.29, 1.82) is 0 Å². The molecule has 0 bridgehead atoms. The molecule has 102 valence electrons. The van der Waals surface area contributed by atoms with Gasteiger partial charge >= 0.3 is 0 Å². The highest BCUT2D eigenvalue weighted by Crippen LogP contribution is 2.19. The van der Waals surface area contributed by atoms with Crippen LogP contribution < -0.4 is 10.6 Å². The molecule has 0 aliphatic carbocycles. The minimum atomic E-state index is 0.133. The average molecular weight is 258 g/mol. The second-order valence-electron chi connectivity index (χ2n) is 4.92. The number of aromatic nitrogens is 2. The maximum Gasteiger partial charge on any atom is 0.127 e. The Morgan fingerprint density at radius 1 is 1.32 bits per heavy atom. The lowest BCUT2D eigenvalue weighted by atomic mass is 10.1. The molecule has 1 atom stereocenters. The third-order valence-electron chi connectivity index (χ3n) is 3.50. The molecule has 4 nitrogen and oxygen atoms in total. The van der Waals surface area contributed by atoms with Gasteiger partial charge < -0.3 is 15.2 Å². The molecule has 1 aromatic carbocycles. The van der Waals surface area contributed by atoms with Crippen LogP contribution in [0.1, 0.15) is 30.8 Å². The van der Waals surface area contributed by atoms with Gasteiger partial charge in [-0.15, -0.1) is 0 Å². The Hall–Kier alpha value is -1.81. The largest absolute Gasteiger partial charge is 0.367 e. The van der Waals surface area contributed by atoms with Crippen LogP contribution in [0.15, 0.2) is 36.7 Å². The molecule has 0 aliphatic heterocycles. The smallest absolute Gasteiger partial charge is 0.127 e. The van der Waals surface area contributed by atoms with Crippen molar-refractivity contribution in [3.8, 4) is 0 Å². The first-order valence-electron chi connectivity index (χ1n) is 6.64. The summed E-state index contributed by atoms with van der Waals surface area (Å²) in [6.45, 7) is 2.90. The molecule has 0 saturated heterocycles. The van der Waals surface area contributed by atoms with Crippen molar-refractivity contribution in [2.24, 2.45) is 12.8 Å². The van der Waals surface area contributed by atoms with E-state index in [1.165, 1.54) is 11.3 Å². The molecule has 0 radical (unpaired) electrons. The first kappa shape index (κ1) is 13.6. The molecular formula is C15H22N4. The molecule has 0 aliphatic rings. The van der Waals surface area contributed by atoms with Crippen molar-refractivity contribution < 1.29 is 0 Å². The second-order valence-corrected chi connectivity index (χ2v) is 4.92. The molecule has 0 saturated carbocycles. The van der Waals surface area contributed by atoms with Crippen LogP contribution in [0.5, 0.6) is 0 Å². The maximum atomic E-state index is 6.02. The second kappa shape index (κ2) is 5.89. The van der Waals surface area contributed by atoms with Gasteiger partial charge in [-0.25, -0.2) is 4.98 Å². The Morgan fingerprint density at radius 2 is 2.00 bits per heavy atom.